The summed E-state index contributed by atoms with van der Waals surface area (Å²) in [5.41, 5.74) is -3.66. The largest absolute Gasteiger partial charge is 0.447 e. The summed E-state index contributed by atoms with van der Waals surface area (Å²) >= 11 is 6.54. The average molecular weight is 776 g/mol. The van der Waals surface area contributed by atoms with Crippen molar-refractivity contribution in [3.05, 3.63) is 77.6 Å². The predicted molar refractivity (Wildman–Crippen MR) is 186 cm³/mol. The molecule has 3 aromatic rings. The Bertz CT molecular complexity index is 2040. The Morgan fingerprint density at radius 1 is 1.17 bits per heavy atom. The Hall–Kier alpha value is -4.80. The monoisotopic (exact) mass is 775 g/mol. The summed E-state index contributed by atoms with van der Waals surface area (Å²) in [5.74, 6) is -0.737. The number of halogens is 6. The van der Waals surface area contributed by atoms with Crippen molar-refractivity contribution >= 4 is 35.1 Å². The predicted octanol–water partition coefficient (Wildman–Crippen LogP) is 7.36. The highest BCUT2D eigenvalue weighted by molar-refractivity contribution is 6.32. The van der Waals surface area contributed by atoms with Gasteiger partial charge in [-0.15, -0.1) is 0 Å². The van der Waals surface area contributed by atoms with E-state index in [-0.39, 0.29) is 38.1 Å². The number of alkyl carbamates (subject to hydrolysis) is 1. The van der Waals surface area contributed by atoms with Gasteiger partial charge in [0.2, 0.25) is 0 Å². The Balaban J connectivity index is 1.20. The van der Waals surface area contributed by atoms with Gasteiger partial charge in [-0.25, -0.2) is 19.1 Å². The molecular weight excluding hydrogens is 737 g/mol. The van der Waals surface area contributed by atoms with Crippen LogP contribution in [0.25, 0.3) is 11.3 Å². The summed E-state index contributed by atoms with van der Waals surface area (Å²) in [5, 5.41) is 23.3. The summed E-state index contributed by atoms with van der Waals surface area (Å²) in [6.07, 6.45) is 5.33. The third-order valence-electron chi connectivity index (χ3n) is 11.1. The molecule has 1 aliphatic heterocycles. The fraction of sp³-hybridized carbons (Fsp3) is 0.500. The average Bonchev–Trinajstić information content (AvgIpc) is 3.80. The van der Waals surface area contributed by atoms with E-state index < -0.39 is 64.7 Å². The first-order valence-electron chi connectivity index (χ1n) is 17.3. The van der Waals surface area contributed by atoms with Gasteiger partial charge in [0.25, 0.3) is 5.91 Å². The zero-order chi connectivity index (χ0) is 39.1. The van der Waals surface area contributed by atoms with E-state index in [1.165, 1.54) is 34.6 Å². The molecular formula is C36H39ClF5N9O3. The molecule has 2 aromatic heterocycles. The molecule has 18 heteroatoms. The standard InChI is InChI=1S/C36H39ClF5N9O3/c1-31(2,3)15-35(32(4)9-7-21(8-10-32)23-12-45-49(13-23)28(38)39)27(52)51(29(43)47-35)26(22-5-6-24(37)25(11-22)50-20-44-19-46-50)14-54-30(53)48-34-16-33(17-34,18-34)36(40,41)42/h5-9,11-13,19-20,26,28H,10,14-18H2,1-4H3,(H2,43,47)(H,48,53)/t26-,32?,33?,34?,35+/m1/s1. The van der Waals surface area contributed by atoms with E-state index in [0.29, 0.717) is 32.1 Å². The Morgan fingerprint density at radius 2 is 1.89 bits per heavy atom. The maximum atomic E-state index is 15.2. The summed E-state index contributed by atoms with van der Waals surface area (Å²) in [7, 11) is 0. The van der Waals surface area contributed by atoms with Crippen LogP contribution in [0.5, 0.6) is 0 Å². The van der Waals surface area contributed by atoms with Gasteiger partial charge in [-0.1, -0.05) is 63.6 Å². The molecule has 5 aliphatic rings. The quantitative estimate of drug-likeness (QED) is 0.183. The van der Waals surface area contributed by atoms with Crippen molar-refractivity contribution in [1.29, 1.82) is 5.41 Å². The van der Waals surface area contributed by atoms with Crippen molar-refractivity contribution in [3.63, 3.8) is 0 Å². The number of alkyl halides is 5. The van der Waals surface area contributed by atoms with Crippen molar-refractivity contribution in [1.82, 2.24) is 40.1 Å². The molecule has 3 N–H and O–H groups in total. The second kappa shape index (κ2) is 12.6. The number of hydrogen-bond acceptors (Lipinski definition) is 7. The number of benzene rings is 1. The van der Waals surface area contributed by atoms with Crippen LogP contribution in [0, 0.1) is 21.7 Å². The molecule has 4 aliphatic carbocycles. The summed E-state index contributed by atoms with van der Waals surface area (Å²) in [4.78, 5) is 33.5. The van der Waals surface area contributed by atoms with Gasteiger partial charge < -0.3 is 15.4 Å². The van der Waals surface area contributed by atoms with Gasteiger partial charge in [0.15, 0.2) is 5.96 Å². The maximum Gasteiger partial charge on any atom is 0.407 e. The maximum absolute atomic E-state index is 15.2. The molecule has 288 valence electrons. The van der Waals surface area contributed by atoms with Crippen LogP contribution in [0.3, 0.4) is 0 Å². The molecule has 1 saturated heterocycles. The lowest BCUT2D eigenvalue weighted by Crippen LogP contribution is -2.78. The lowest BCUT2D eigenvalue weighted by Gasteiger charge is -2.69. The number of nitrogens with one attached hydrogen (secondary N) is 3. The lowest BCUT2D eigenvalue weighted by molar-refractivity contribution is -0.337. The highest BCUT2D eigenvalue weighted by Crippen LogP contribution is 2.73. The molecule has 4 fully saturated rings. The Labute approximate surface area is 312 Å². The molecule has 3 saturated carbocycles. The first-order chi connectivity index (χ1) is 25.2. The van der Waals surface area contributed by atoms with Crippen LogP contribution in [0.1, 0.15) is 83.5 Å². The second-order valence-electron chi connectivity index (χ2n) is 16.3. The van der Waals surface area contributed by atoms with E-state index >= 15 is 4.79 Å². The Kier molecular flexibility index (Phi) is 8.78. The number of amides is 2. The number of rotatable bonds is 10. The van der Waals surface area contributed by atoms with Gasteiger partial charge in [0.05, 0.1) is 28.4 Å². The molecule has 3 atom stereocenters. The van der Waals surface area contributed by atoms with E-state index in [9.17, 15) is 32.2 Å². The van der Waals surface area contributed by atoms with Crippen LogP contribution in [0.2, 0.25) is 5.02 Å². The van der Waals surface area contributed by atoms with E-state index in [0.717, 1.165) is 0 Å². The molecule has 8 rings (SSSR count). The minimum Gasteiger partial charge on any atom is -0.447 e. The molecule has 1 unspecified atom stereocenters. The van der Waals surface area contributed by atoms with Gasteiger partial charge in [0.1, 0.15) is 24.8 Å². The first-order valence-corrected chi connectivity index (χ1v) is 17.7. The minimum absolute atomic E-state index is 0.230. The van der Waals surface area contributed by atoms with Crippen LogP contribution in [-0.4, -0.2) is 71.3 Å². The fourth-order valence-electron chi connectivity index (χ4n) is 8.47. The van der Waals surface area contributed by atoms with Crippen LogP contribution >= 0.6 is 11.6 Å². The topological polar surface area (TPSA) is 143 Å². The van der Waals surface area contributed by atoms with Crippen LogP contribution in [0.4, 0.5) is 26.7 Å². The zero-order valence-electron chi connectivity index (χ0n) is 29.8. The van der Waals surface area contributed by atoms with Crippen LogP contribution in [-0.2, 0) is 9.53 Å². The number of allylic oxidation sites excluding steroid dienone is 3. The van der Waals surface area contributed by atoms with Crippen molar-refractivity contribution < 1.29 is 36.3 Å². The van der Waals surface area contributed by atoms with Gasteiger partial charge in [-0.2, -0.15) is 32.1 Å². The van der Waals surface area contributed by atoms with Gasteiger partial charge >= 0.3 is 18.8 Å². The number of nitrogens with zero attached hydrogens (tertiary/aromatic N) is 6. The molecule has 54 heavy (non-hydrogen) atoms. The highest BCUT2D eigenvalue weighted by atomic mass is 35.5. The first kappa shape index (κ1) is 37.5. The number of carbonyl (C=O) groups excluding carboxylic acids is 2. The number of hydrogen-bond donors (Lipinski definition) is 3. The lowest BCUT2D eigenvalue weighted by atomic mass is 9.39. The van der Waals surface area contributed by atoms with Crippen molar-refractivity contribution in [3.8, 4) is 5.69 Å². The fourth-order valence-corrected chi connectivity index (χ4v) is 8.68. The molecule has 2 bridgehead atoms. The number of aromatic nitrogens is 5. The molecule has 2 amide bonds. The normalized spacial score (nSPS) is 28.4. The van der Waals surface area contributed by atoms with Gasteiger partial charge in [-0.05, 0) is 60.8 Å². The third kappa shape index (κ3) is 6.23. The molecule has 12 nitrogen and oxygen atoms in total. The van der Waals surface area contributed by atoms with Crippen LogP contribution < -0.4 is 10.6 Å². The Morgan fingerprint density at radius 3 is 2.46 bits per heavy atom. The molecule has 3 heterocycles. The van der Waals surface area contributed by atoms with E-state index in [2.05, 4.69) is 25.8 Å². The van der Waals surface area contributed by atoms with Crippen molar-refractivity contribution in [2.75, 3.05) is 6.61 Å². The summed E-state index contributed by atoms with van der Waals surface area (Å²) < 4.78 is 74.6. The van der Waals surface area contributed by atoms with Gasteiger partial charge in [0, 0.05) is 22.7 Å². The minimum atomic E-state index is -4.36. The van der Waals surface area contributed by atoms with E-state index in [4.69, 9.17) is 16.3 Å². The highest BCUT2D eigenvalue weighted by Gasteiger charge is 2.79. The van der Waals surface area contributed by atoms with Crippen molar-refractivity contribution in [2.24, 2.45) is 16.2 Å². The van der Waals surface area contributed by atoms with E-state index in [1.807, 2.05) is 39.8 Å². The number of carbonyl (C=O) groups is 2. The molecule has 0 radical (unpaired) electrons. The third-order valence-corrected chi connectivity index (χ3v) is 11.5. The SMILES string of the molecule is CC(C)(C)C[C@]1(C2(C)C=CC(c3cnn(C(F)F)c3)=CC2)NC(=N)N([C@H](COC(=O)NC23CC(C(F)(F)F)(C2)C3)c2ccc(Cl)c(-n3cncn3)c2)C1=O. The van der Waals surface area contributed by atoms with Crippen LogP contribution in [0.15, 0.2) is 61.5 Å². The van der Waals surface area contributed by atoms with E-state index in [1.54, 1.807) is 24.3 Å². The second-order valence-corrected chi connectivity index (χ2v) is 16.7. The number of guanidine groups is 1. The van der Waals surface area contributed by atoms with Crippen molar-refractivity contribution in [2.45, 2.75) is 89.6 Å². The summed E-state index contributed by atoms with van der Waals surface area (Å²) in [6, 6.07) is 3.75. The summed E-state index contributed by atoms with van der Waals surface area (Å²) in [6.45, 7) is 4.52. The number of ether oxygens (including phenoxy) is 1. The molecule has 0 spiro atoms. The van der Waals surface area contributed by atoms with Gasteiger partial charge in [-0.3, -0.25) is 15.1 Å². The smallest absolute Gasteiger partial charge is 0.407 e. The molecule has 1 aromatic carbocycles. The zero-order valence-corrected chi connectivity index (χ0v) is 30.6.